The Balaban J connectivity index is 1.99. The largest absolute Gasteiger partial charge is 0.389 e. The summed E-state index contributed by atoms with van der Waals surface area (Å²) in [5.74, 6) is 0. The fourth-order valence-electron chi connectivity index (χ4n) is 1.80. The van der Waals surface area contributed by atoms with Crippen LogP contribution in [0.15, 0.2) is 12.5 Å². The SMILES string of the molecule is OC1(Cc2cnc[nH]2)CCNCC1. The number of nitrogens with one attached hydrogen (secondary N) is 2. The first-order valence-electron chi connectivity index (χ1n) is 4.69. The molecule has 0 amide bonds. The summed E-state index contributed by atoms with van der Waals surface area (Å²) in [5, 5.41) is 13.4. The molecule has 4 heteroatoms. The number of rotatable bonds is 2. The maximum absolute atomic E-state index is 10.2. The van der Waals surface area contributed by atoms with Gasteiger partial charge in [0.05, 0.1) is 11.9 Å². The molecule has 1 aromatic heterocycles. The maximum Gasteiger partial charge on any atom is 0.0921 e. The van der Waals surface area contributed by atoms with E-state index >= 15 is 0 Å². The quantitative estimate of drug-likeness (QED) is 0.605. The van der Waals surface area contributed by atoms with Gasteiger partial charge in [0.25, 0.3) is 0 Å². The number of H-pyrrole nitrogens is 1. The number of piperidine rings is 1. The molecular formula is C9H15N3O. The summed E-state index contributed by atoms with van der Waals surface area (Å²) in [4.78, 5) is 6.95. The van der Waals surface area contributed by atoms with Crippen molar-refractivity contribution in [2.75, 3.05) is 13.1 Å². The molecule has 0 saturated carbocycles. The monoisotopic (exact) mass is 181 g/mol. The molecular weight excluding hydrogens is 166 g/mol. The lowest BCUT2D eigenvalue weighted by molar-refractivity contribution is 0.0101. The number of imidazole rings is 1. The van der Waals surface area contributed by atoms with Crippen LogP contribution in [0, 0.1) is 0 Å². The Bertz CT molecular complexity index is 252. The fourth-order valence-corrected chi connectivity index (χ4v) is 1.80. The van der Waals surface area contributed by atoms with Crippen LogP contribution < -0.4 is 5.32 Å². The third kappa shape index (κ3) is 2.08. The molecule has 3 N–H and O–H groups in total. The maximum atomic E-state index is 10.2. The molecule has 1 aliphatic heterocycles. The Hall–Kier alpha value is -0.870. The zero-order chi connectivity index (χ0) is 9.15. The fraction of sp³-hybridized carbons (Fsp3) is 0.667. The minimum absolute atomic E-state index is 0.530. The lowest BCUT2D eigenvalue weighted by atomic mass is 9.88. The molecule has 0 atom stereocenters. The number of aromatic amines is 1. The molecule has 1 aliphatic rings. The van der Waals surface area contributed by atoms with E-state index in [4.69, 9.17) is 0 Å². The van der Waals surface area contributed by atoms with Crippen molar-refractivity contribution >= 4 is 0 Å². The lowest BCUT2D eigenvalue weighted by Gasteiger charge is -2.32. The van der Waals surface area contributed by atoms with Gasteiger partial charge < -0.3 is 15.4 Å². The highest BCUT2D eigenvalue weighted by molar-refractivity contribution is 5.02. The molecule has 2 heterocycles. The Kier molecular flexibility index (Phi) is 2.33. The second-order valence-electron chi connectivity index (χ2n) is 3.73. The Labute approximate surface area is 77.4 Å². The van der Waals surface area contributed by atoms with Gasteiger partial charge in [0.15, 0.2) is 0 Å². The average Bonchev–Trinajstić information content (AvgIpc) is 2.57. The zero-order valence-corrected chi connectivity index (χ0v) is 7.58. The van der Waals surface area contributed by atoms with Crippen molar-refractivity contribution < 1.29 is 5.11 Å². The van der Waals surface area contributed by atoms with Gasteiger partial charge in [-0.25, -0.2) is 4.98 Å². The molecule has 0 aromatic carbocycles. The molecule has 1 saturated heterocycles. The van der Waals surface area contributed by atoms with E-state index in [9.17, 15) is 5.11 Å². The van der Waals surface area contributed by atoms with E-state index in [0.717, 1.165) is 31.6 Å². The van der Waals surface area contributed by atoms with Crippen molar-refractivity contribution in [2.45, 2.75) is 24.9 Å². The van der Waals surface area contributed by atoms with Crippen molar-refractivity contribution in [2.24, 2.45) is 0 Å². The van der Waals surface area contributed by atoms with Crippen LogP contribution in [0.5, 0.6) is 0 Å². The van der Waals surface area contributed by atoms with Crippen LogP contribution in [0.2, 0.25) is 0 Å². The molecule has 0 spiro atoms. The van der Waals surface area contributed by atoms with Crippen molar-refractivity contribution in [3.63, 3.8) is 0 Å². The van der Waals surface area contributed by atoms with Crippen LogP contribution in [0.4, 0.5) is 0 Å². The van der Waals surface area contributed by atoms with E-state index in [-0.39, 0.29) is 0 Å². The molecule has 13 heavy (non-hydrogen) atoms. The molecule has 0 unspecified atom stereocenters. The topological polar surface area (TPSA) is 60.9 Å². The second kappa shape index (κ2) is 3.47. The van der Waals surface area contributed by atoms with Gasteiger partial charge in [-0.15, -0.1) is 0 Å². The summed E-state index contributed by atoms with van der Waals surface area (Å²) in [7, 11) is 0. The van der Waals surface area contributed by atoms with Gasteiger partial charge in [-0.3, -0.25) is 0 Å². The third-order valence-electron chi connectivity index (χ3n) is 2.61. The highest BCUT2D eigenvalue weighted by Crippen LogP contribution is 2.21. The van der Waals surface area contributed by atoms with E-state index < -0.39 is 5.60 Å². The van der Waals surface area contributed by atoms with Crippen LogP contribution >= 0.6 is 0 Å². The van der Waals surface area contributed by atoms with Crippen molar-refractivity contribution in [3.05, 3.63) is 18.2 Å². The number of hydrogen-bond donors (Lipinski definition) is 3. The second-order valence-corrected chi connectivity index (χ2v) is 3.73. The Morgan fingerprint density at radius 3 is 2.85 bits per heavy atom. The van der Waals surface area contributed by atoms with Gasteiger partial charge in [0.1, 0.15) is 0 Å². The van der Waals surface area contributed by atoms with Crippen molar-refractivity contribution in [1.82, 2.24) is 15.3 Å². The third-order valence-corrected chi connectivity index (χ3v) is 2.61. The summed E-state index contributed by atoms with van der Waals surface area (Å²) >= 11 is 0. The van der Waals surface area contributed by atoms with Crippen molar-refractivity contribution in [3.8, 4) is 0 Å². The first-order valence-corrected chi connectivity index (χ1v) is 4.69. The zero-order valence-electron chi connectivity index (χ0n) is 7.58. The molecule has 4 nitrogen and oxygen atoms in total. The van der Waals surface area contributed by atoms with Gasteiger partial charge in [-0.2, -0.15) is 0 Å². The number of hydrogen-bond acceptors (Lipinski definition) is 3. The smallest absolute Gasteiger partial charge is 0.0921 e. The first-order chi connectivity index (χ1) is 6.29. The predicted octanol–water partition coefficient (Wildman–Crippen LogP) is 0.0667. The predicted molar refractivity (Wildman–Crippen MR) is 49.3 cm³/mol. The van der Waals surface area contributed by atoms with Gasteiger partial charge in [-0.05, 0) is 25.9 Å². The average molecular weight is 181 g/mol. The minimum Gasteiger partial charge on any atom is -0.389 e. The van der Waals surface area contributed by atoms with Crippen LogP contribution in [-0.4, -0.2) is 33.8 Å². The summed E-state index contributed by atoms with van der Waals surface area (Å²) < 4.78 is 0. The van der Waals surface area contributed by atoms with E-state index in [2.05, 4.69) is 15.3 Å². The van der Waals surface area contributed by atoms with Gasteiger partial charge in [0.2, 0.25) is 0 Å². The molecule has 0 radical (unpaired) electrons. The number of aliphatic hydroxyl groups is 1. The number of nitrogens with zero attached hydrogens (tertiary/aromatic N) is 1. The Morgan fingerprint density at radius 2 is 2.23 bits per heavy atom. The molecule has 0 bridgehead atoms. The highest BCUT2D eigenvalue weighted by atomic mass is 16.3. The summed E-state index contributed by atoms with van der Waals surface area (Å²) in [6.07, 6.45) is 5.77. The summed E-state index contributed by atoms with van der Waals surface area (Å²) in [5.41, 5.74) is 0.488. The number of aromatic nitrogens is 2. The highest BCUT2D eigenvalue weighted by Gasteiger charge is 2.29. The van der Waals surface area contributed by atoms with E-state index in [1.807, 2.05) is 0 Å². The first kappa shape index (κ1) is 8.72. The summed E-state index contributed by atoms with van der Waals surface area (Å²) in [6, 6.07) is 0. The van der Waals surface area contributed by atoms with E-state index in [1.165, 1.54) is 0 Å². The Morgan fingerprint density at radius 1 is 1.46 bits per heavy atom. The van der Waals surface area contributed by atoms with E-state index in [0.29, 0.717) is 6.42 Å². The van der Waals surface area contributed by atoms with Crippen LogP contribution in [0.1, 0.15) is 18.5 Å². The van der Waals surface area contributed by atoms with Gasteiger partial charge in [0, 0.05) is 18.3 Å². The van der Waals surface area contributed by atoms with Gasteiger partial charge >= 0.3 is 0 Å². The van der Waals surface area contributed by atoms with Crippen LogP contribution in [0.25, 0.3) is 0 Å². The van der Waals surface area contributed by atoms with Crippen LogP contribution in [0.3, 0.4) is 0 Å². The minimum atomic E-state index is -0.530. The molecule has 1 aromatic rings. The van der Waals surface area contributed by atoms with Crippen LogP contribution in [-0.2, 0) is 6.42 Å². The lowest BCUT2D eigenvalue weighted by Crippen LogP contribution is -2.43. The molecule has 2 rings (SSSR count). The molecule has 1 fully saturated rings. The molecule has 72 valence electrons. The van der Waals surface area contributed by atoms with Crippen molar-refractivity contribution in [1.29, 1.82) is 0 Å². The van der Waals surface area contributed by atoms with Gasteiger partial charge in [-0.1, -0.05) is 0 Å². The normalized spacial score (nSPS) is 21.6. The summed E-state index contributed by atoms with van der Waals surface area (Å²) in [6.45, 7) is 1.81. The molecule has 0 aliphatic carbocycles. The van der Waals surface area contributed by atoms with E-state index in [1.54, 1.807) is 12.5 Å². The standard InChI is InChI=1S/C9H15N3O/c13-9(1-3-10-4-2-9)5-8-6-11-7-12-8/h6-7,10,13H,1-5H2,(H,11,12).